The number of amides is 4. The molecule has 2 aliphatic rings. The lowest BCUT2D eigenvalue weighted by Gasteiger charge is -2.42. The van der Waals surface area contributed by atoms with Crippen molar-refractivity contribution in [2.24, 2.45) is 0 Å². The number of ether oxygens (including phenoxy) is 1. The van der Waals surface area contributed by atoms with E-state index in [4.69, 9.17) is 4.74 Å². The molecule has 1 aromatic carbocycles. The molecule has 0 spiro atoms. The molecule has 0 unspecified atom stereocenters. The van der Waals surface area contributed by atoms with Crippen LogP contribution in [0.3, 0.4) is 0 Å². The van der Waals surface area contributed by atoms with Crippen LogP contribution in [-0.4, -0.2) is 85.2 Å². The Morgan fingerprint density at radius 3 is 2.36 bits per heavy atom. The second-order valence-corrected chi connectivity index (χ2v) is 10.5. The molecule has 2 aliphatic heterocycles. The van der Waals surface area contributed by atoms with Crippen LogP contribution in [0.4, 0.5) is 9.59 Å². The highest BCUT2D eigenvalue weighted by molar-refractivity contribution is 5.95. The quantitative estimate of drug-likeness (QED) is 0.586. The number of benzene rings is 1. The smallest absolute Gasteiger partial charge is 0.338 e. The highest BCUT2D eigenvalue weighted by Gasteiger charge is 2.38. The Hall–Kier alpha value is -3.07. The van der Waals surface area contributed by atoms with Gasteiger partial charge in [0.25, 0.3) is 0 Å². The molecule has 2 atom stereocenters. The molecule has 9 heteroatoms. The van der Waals surface area contributed by atoms with Gasteiger partial charge in [-0.3, -0.25) is 9.80 Å². The number of carbonyl (C=O) groups is 3. The van der Waals surface area contributed by atoms with E-state index in [-0.39, 0.29) is 30.1 Å². The lowest BCUT2D eigenvalue weighted by molar-refractivity contribution is -0.139. The second kappa shape index (κ2) is 11.3. The maximum atomic E-state index is 13.3. The number of hydrogen-bond donors (Lipinski definition) is 2. The first-order chi connectivity index (χ1) is 17.0. The molecule has 0 bridgehead atoms. The van der Waals surface area contributed by atoms with Crippen LogP contribution in [-0.2, 0) is 14.9 Å². The number of piperazine rings is 1. The fourth-order valence-corrected chi connectivity index (χ4v) is 4.77. The Morgan fingerprint density at radius 1 is 1.14 bits per heavy atom. The lowest BCUT2D eigenvalue weighted by Crippen LogP contribution is -2.57. The largest absolute Gasteiger partial charge is 0.463 e. The van der Waals surface area contributed by atoms with Crippen LogP contribution in [0.25, 0.3) is 0 Å². The van der Waals surface area contributed by atoms with Crippen LogP contribution in [0, 0.1) is 0 Å². The molecule has 1 saturated heterocycles. The molecule has 2 N–H and O–H groups in total. The molecule has 198 valence electrons. The van der Waals surface area contributed by atoms with Crippen LogP contribution in [0.2, 0.25) is 0 Å². The maximum absolute atomic E-state index is 13.3. The first-order valence-electron chi connectivity index (χ1n) is 12.8. The Labute approximate surface area is 214 Å². The normalized spacial score (nSPS) is 21.4. The van der Waals surface area contributed by atoms with Gasteiger partial charge >= 0.3 is 18.0 Å². The summed E-state index contributed by atoms with van der Waals surface area (Å²) in [6.45, 7) is 15.2. The maximum Gasteiger partial charge on any atom is 0.338 e. The predicted molar refractivity (Wildman–Crippen MR) is 140 cm³/mol. The third-order valence-corrected chi connectivity index (χ3v) is 6.86. The number of nitrogens with one attached hydrogen (secondary N) is 2. The van der Waals surface area contributed by atoms with Crippen molar-refractivity contribution in [2.45, 2.75) is 59.0 Å². The zero-order valence-corrected chi connectivity index (χ0v) is 22.7. The van der Waals surface area contributed by atoms with Gasteiger partial charge in [-0.1, -0.05) is 45.0 Å². The van der Waals surface area contributed by atoms with Gasteiger partial charge in [0.2, 0.25) is 0 Å². The minimum atomic E-state index is -0.606. The van der Waals surface area contributed by atoms with E-state index in [1.165, 1.54) is 10.5 Å². The van der Waals surface area contributed by atoms with E-state index in [9.17, 15) is 14.4 Å². The highest BCUT2D eigenvalue weighted by Crippen LogP contribution is 2.33. The molecule has 3 rings (SSSR count). The van der Waals surface area contributed by atoms with Crippen molar-refractivity contribution in [1.82, 2.24) is 25.3 Å². The van der Waals surface area contributed by atoms with Crippen molar-refractivity contribution in [3.8, 4) is 0 Å². The molecule has 0 aromatic heterocycles. The van der Waals surface area contributed by atoms with Gasteiger partial charge in [-0.2, -0.15) is 0 Å². The number of esters is 1. The van der Waals surface area contributed by atoms with E-state index in [2.05, 4.69) is 36.3 Å². The minimum absolute atomic E-state index is 0.000376. The van der Waals surface area contributed by atoms with Gasteiger partial charge in [-0.05, 0) is 37.3 Å². The lowest BCUT2D eigenvalue weighted by atomic mass is 9.85. The van der Waals surface area contributed by atoms with Crippen molar-refractivity contribution in [3.63, 3.8) is 0 Å². The Kier molecular flexibility index (Phi) is 8.66. The molecule has 1 aromatic rings. The summed E-state index contributed by atoms with van der Waals surface area (Å²) in [7, 11) is 1.68. The average Bonchev–Trinajstić information content (AvgIpc) is 2.81. The van der Waals surface area contributed by atoms with Gasteiger partial charge in [-0.25, -0.2) is 14.4 Å². The monoisotopic (exact) mass is 499 g/mol. The number of urea groups is 2. The fraction of sp³-hybridized carbons (Fsp3) is 0.593. The number of nitrogens with zero attached hydrogens (tertiary/aromatic N) is 3. The molecule has 4 amide bonds. The summed E-state index contributed by atoms with van der Waals surface area (Å²) < 4.78 is 5.46. The fourth-order valence-electron chi connectivity index (χ4n) is 4.77. The Balaban J connectivity index is 1.94. The Morgan fingerprint density at radius 2 is 1.81 bits per heavy atom. The van der Waals surface area contributed by atoms with Gasteiger partial charge in [0.05, 0.1) is 18.2 Å². The van der Waals surface area contributed by atoms with Crippen molar-refractivity contribution in [1.29, 1.82) is 0 Å². The summed E-state index contributed by atoms with van der Waals surface area (Å²) in [5, 5.41) is 5.86. The van der Waals surface area contributed by atoms with Crippen molar-refractivity contribution < 1.29 is 19.1 Å². The van der Waals surface area contributed by atoms with Crippen molar-refractivity contribution in [3.05, 3.63) is 46.7 Å². The number of hydrogen-bond acceptors (Lipinski definition) is 5. The standard InChI is InChI=1S/C27H41N5O4/c1-8-28-25(34)32-15-14-31(16-18(32)3)17-21-22(24(33)36-9-2)23(29-26(35)30(21)7)19-10-12-20(13-11-19)27(4,5)6/h10-13,18,23H,8-9,14-17H2,1-7H3,(H,28,34)(H,29,35)/t18-,23+/m1/s1. The van der Waals surface area contributed by atoms with E-state index in [1.807, 2.05) is 43.0 Å². The molecule has 0 radical (unpaired) electrons. The van der Waals surface area contributed by atoms with Crippen LogP contribution in [0.1, 0.15) is 58.7 Å². The molecule has 0 saturated carbocycles. The first kappa shape index (κ1) is 27.5. The molecule has 0 aliphatic carbocycles. The van der Waals surface area contributed by atoms with Crippen LogP contribution in [0.15, 0.2) is 35.5 Å². The van der Waals surface area contributed by atoms with E-state index < -0.39 is 12.0 Å². The van der Waals surface area contributed by atoms with E-state index in [1.54, 1.807) is 14.0 Å². The molecule has 1 fully saturated rings. The zero-order valence-electron chi connectivity index (χ0n) is 22.7. The molecular weight excluding hydrogens is 458 g/mol. The van der Waals surface area contributed by atoms with Gasteiger partial charge in [0.15, 0.2) is 0 Å². The number of rotatable bonds is 6. The summed E-state index contributed by atoms with van der Waals surface area (Å²) in [6, 6.07) is 7.10. The number of carbonyl (C=O) groups excluding carboxylic acids is 3. The van der Waals surface area contributed by atoms with E-state index >= 15 is 0 Å². The third kappa shape index (κ3) is 6.00. The van der Waals surface area contributed by atoms with Gasteiger partial charge in [0.1, 0.15) is 0 Å². The first-order valence-corrected chi connectivity index (χ1v) is 12.8. The highest BCUT2D eigenvalue weighted by atomic mass is 16.5. The summed E-state index contributed by atoms with van der Waals surface area (Å²) in [4.78, 5) is 44.1. The van der Waals surface area contributed by atoms with Gasteiger partial charge in [0, 0.05) is 51.5 Å². The van der Waals surface area contributed by atoms with Crippen molar-refractivity contribution in [2.75, 3.05) is 46.4 Å². The SMILES string of the molecule is CCNC(=O)N1CCN(CC2=C(C(=O)OCC)[C@H](c3ccc(C(C)(C)C)cc3)NC(=O)N2C)C[C@H]1C. The third-order valence-electron chi connectivity index (χ3n) is 6.86. The van der Waals surface area contributed by atoms with E-state index in [0.29, 0.717) is 44.0 Å². The minimum Gasteiger partial charge on any atom is -0.463 e. The second-order valence-electron chi connectivity index (χ2n) is 10.5. The molecule has 9 nitrogen and oxygen atoms in total. The molecule has 2 heterocycles. The number of likely N-dealkylation sites (N-methyl/N-ethyl adjacent to an activating group) is 1. The average molecular weight is 500 g/mol. The van der Waals surface area contributed by atoms with Crippen molar-refractivity contribution >= 4 is 18.0 Å². The predicted octanol–water partition coefficient (Wildman–Crippen LogP) is 3.23. The van der Waals surface area contributed by atoms with Crippen LogP contribution >= 0.6 is 0 Å². The van der Waals surface area contributed by atoms with E-state index in [0.717, 1.165) is 5.56 Å². The van der Waals surface area contributed by atoms with Crippen LogP contribution in [0.5, 0.6) is 0 Å². The molecular formula is C27H41N5O4. The Bertz CT molecular complexity index is 998. The van der Waals surface area contributed by atoms with Gasteiger partial charge < -0.3 is 20.3 Å². The summed E-state index contributed by atoms with van der Waals surface area (Å²) >= 11 is 0. The topological polar surface area (TPSA) is 94.2 Å². The van der Waals surface area contributed by atoms with Gasteiger partial charge in [-0.15, -0.1) is 0 Å². The zero-order chi connectivity index (χ0) is 26.6. The van der Waals surface area contributed by atoms with Crippen LogP contribution < -0.4 is 10.6 Å². The summed E-state index contributed by atoms with van der Waals surface area (Å²) in [6.07, 6.45) is 0. The summed E-state index contributed by atoms with van der Waals surface area (Å²) in [5.74, 6) is -0.432. The molecule has 36 heavy (non-hydrogen) atoms. The summed E-state index contributed by atoms with van der Waals surface area (Å²) in [5.41, 5.74) is 3.07.